The molecule has 0 aliphatic rings. The van der Waals surface area contributed by atoms with Gasteiger partial charge in [0.15, 0.2) is 0 Å². The highest BCUT2D eigenvalue weighted by molar-refractivity contribution is 5.81. The molecule has 0 saturated carbocycles. The van der Waals surface area contributed by atoms with Crippen LogP contribution in [0.3, 0.4) is 0 Å². The van der Waals surface area contributed by atoms with Gasteiger partial charge in [-0.15, -0.1) is 0 Å². The third-order valence-electron chi connectivity index (χ3n) is 1.89. The summed E-state index contributed by atoms with van der Waals surface area (Å²) in [4.78, 5) is 10.2. The maximum atomic E-state index is 10.2. The molecular weight excluding hydrogens is 148 g/mol. The first-order valence-electron chi connectivity index (χ1n) is 3.94. The number of hydrogen-bond donors (Lipinski definition) is 0. The van der Waals surface area contributed by atoms with Gasteiger partial charge in [-0.1, -0.05) is 24.3 Å². The minimum absolute atomic E-state index is 0.821. The average Bonchev–Trinajstić information content (AvgIpc) is 2.05. The maximum Gasteiger partial charge on any atom is 0.143 e. The van der Waals surface area contributed by atoms with Crippen molar-refractivity contribution in [1.29, 1.82) is 0 Å². The van der Waals surface area contributed by atoms with E-state index < -0.39 is 0 Å². The summed E-state index contributed by atoms with van der Waals surface area (Å²) in [5.74, 6) is 0. The molecule has 0 aliphatic carbocycles. The molecule has 0 aliphatic heterocycles. The van der Waals surface area contributed by atoms with E-state index in [1.165, 1.54) is 5.56 Å². The molecule has 62 valence electrons. The van der Waals surface area contributed by atoms with Gasteiger partial charge in [0.25, 0.3) is 0 Å². The lowest BCUT2D eigenvalue weighted by Crippen LogP contribution is -1.84. The van der Waals surface area contributed by atoms with E-state index in [0.29, 0.717) is 0 Å². The average molecular weight is 160 g/mol. The molecule has 1 aromatic carbocycles. The highest BCUT2D eigenvalue weighted by atomic mass is 16.1. The van der Waals surface area contributed by atoms with Gasteiger partial charge in [-0.2, -0.15) is 0 Å². The monoisotopic (exact) mass is 160 g/mol. The topological polar surface area (TPSA) is 17.1 Å². The number of rotatable bonds is 2. The zero-order chi connectivity index (χ0) is 8.97. The lowest BCUT2D eigenvalue weighted by Gasteiger charge is -2.03. The zero-order valence-electron chi connectivity index (χ0n) is 7.37. The molecule has 0 amide bonds. The summed E-state index contributed by atoms with van der Waals surface area (Å²) in [6.07, 6.45) is 2.41. The smallest absolute Gasteiger partial charge is 0.143 e. The van der Waals surface area contributed by atoms with Crippen LogP contribution in [0.2, 0.25) is 0 Å². The van der Waals surface area contributed by atoms with E-state index in [2.05, 4.69) is 0 Å². The van der Waals surface area contributed by atoms with Gasteiger partial charge in [-0.3, -0.25) is 4.79 Å². The van der Waals surface area contributed by atoms with Gasteiger partial charge < -0.3 is 0 Å². The van der Waals surface area contributed by atoms with Crippen LogP contribution in [0.25, 0.3) is 5.57 Å². The fourth-order valence-electron chi connectivity index (χ4n) is 1.21. The van der Waals surface area contributed by atoms with Crippen LogP contribution in [0, 0.1) is 6.92 Å². The second kappa shape index (κ2) is 3.86. The van der Waals surface area contributed by atoms with Crippen molar-refractivity contribution in [3.8, 4) is 0 Å². The van der Waals surface area contributed by atoms with Gasteiger partial charge in [0.2, 0.25) is 0 Å². The van der Waals surface area contributed by atoms with Crippen LogP contribution in [0.1, 0.15) is 18.1 Å². The Hall–Kier alpha value is -1.37. The van der Waals surface area contributed by atoms with Crippen molar-refractivity contribution in [2.75, 3.05) is 0 Å². The van der Waals surface area contributed by atoms with E-state index in [1.807, 2.05) is 38.1 Å². The normalized spacial score (nSPS) is 11.3. The van der Waals surface area contributed by atoms with Crippen LogP contribution in [-0.4, -0.2) is 6.29 Å². The van der Waals surface area contributed by atoms with Gasteiger partial charge in [-0.05, 0) is 36.6 Å². The highest BCUT2D eigenvalue weighted by Gasteiger charge is 1.97. The van der Waals surface area contributed by atoms with Gasteiger partial charge in [0, 0.05) is 0 Å². The molecule has 0 aromatic heterocycles. The standard InChI is InChI=1S/C11H12O/c1-9-5-3-4-6-11(9)10(2)7-8-12/h3-8H,1-2H3/b10-7+. The number of benzene rings is 1. The molecule has 1 aromatic rings. The molecule has 0 fully saturated rings. The minimum atomic E-state index is 0.821. The van der Waals surface area contributed by atoms with Gasteiger partial charge in [0.05, 0.1) is 0 Å². The van der Waals surface area contributed by atoms with Crippen molar-refractivity contribution in [3.05, 3.63) is 41.5 Å². The molecular formula is C11H12O. The molecule has 0 atom stereocenters. The van der Waals surface area contributed by atoms with Crippen LogP contribution in [0.5, 0.6) is 0 Å². The van der Waals surface area contributed by atoms with Crippen molar-refractivity contribution in [3.63, 3.8) is 0 Å². The third kappa shape index (κ3) is 1.82. The second-order valence-electron chi connectivity index (χ2n) is 2.80. The number of carbonyl (C=O) groups is 1. The summed E-state index contributed by atoms with van der Waals surface area (Å²) in [6, 6.07) is 8.03. The maximum absolute atomic E-state index is 10.2. The SMILES string of the molecule is C/C(=C\C=O)c1ccccc1C. The fourth-order valence-corrected chi connectivity index (χ4v) is 1.21. The van der Waals surface area contributed by atoms with E-state index in [1.54, 1.807) is 6.08 Å². The summed E-state index contributed by atoms with van der Waals surface area (Å²) in [6.45, 7) is 3.98. The zero-order valence-corrected chi connectivity index (χ0v) is 7.37. The first-order valence-corrected chi connectivity index (χ1v) is 3.94. The van der Waals surface area contributed by atoms with Crippen molar-refractivity contribution in [1.82, 2.24) is 0 Å². The molecule has 12 heavy (non-hydrogen) atoms. The second-order valence-corrected chi connectivity index (χ2v) is 2.80. The molecule has 0 unspecified atom stereocenters. The molecule has 0 spiro atoms. The molecule has 0 radical (unpaired) electrons. The van der Waals surface area contributed by atoms with Gasteiger partial charge in [0.1, 0.15) is 6.29 Å². The molecule has 0 saturated heterocycles. The lowest BCUT2D eigenvalue weighted by atomic mass is 10.0. The Morgan fingerprint density at radius 2 is 2.00 bits per heavy atom. The molecule has 1 rings (SSSR count). The van der Waals surface area contributed by atoms with E-state index in [-0.39, 0.29) is 0 Å². The largest absolute Gasteiger partial charge is 0.299 e. The fraction of sp³-hybridized carbons (Fsp3) is 0.182. The van der Waals surface area contributed by atoms with E-state index in [0.717, 1.165) is 17.4 Å². The van der Waals surface area contributed by atoms with Crippen LogP contribution in [-0.2, 0) is 4.79 Å². The first-order chi connectivity index (χ1) is 5.75. The van der Waals surface area contributed by atoms with Gasteiger partial charge >= 0.3 is 0 Å². The molecule has 1 heteroatoms. The summed E-state index contributed by atoms with van der Waals surface area (Å²) in [5.41, 5.74) is 3.36. The van der Waals surface area contributed by atoms with Crippen LogP contribution >= 0.6 is 0 Å². The highest BCUT2D eigenvalue weighted by Crippen LogP contribution is 2.16. The molecule has 0 bridgehead atoms. The van der Waals surface area contributed by atoms with Crippen LogP contribution in [0.15, 0.2) is 30.3 Å². The Morgan fingerprint density at radius 1 is 1.33 bits per heavy atom. The van der Waals surface area contributed by atoms with Crippen LogP contribution < -0.4 is 0 Å². The quantitative estimate of drug-likeness (QED) is 0.480. The van der Waals surface area contributed by atoms with E-state index in [9.17, 15) is 4.79 Å². The Balaban J connectivity index is 3.10. The van der Waals surface area contributed by atoms with Crippen LogP contribution in [0.4, 0.5) is 0 Å². The number of aldehydes is 1. The number of aryl methyl sites for hydroxylation is 1. The molecule has 0 N–H and O–H groups in total. The van der Waals surface area contributed by atoms with Crippen molar-refractivity contribution in [2.45, 2.75) is 13.8 Å². The van der Waals surface area contributed by atoms with Gasteiger partial charge in [-0.25, -0.2) is 0 Å². The van der Waals surface area contributed by atoms with Crippen molar-refractivity contribution in [2.24, 2.45) is 0 Å². The summed E-state index contributed by atoms with van der Waals surface area (Å²) in [7, 11) is 0. The third-order valence-corrected chi connectivity index (χ3v) is 1.89. The predicted octanol–water partition coefficient (Wildman–Crippen LogP) is 2.60. The summed E-state index contributed by atoms with van der Waals surface area (Å²) in [5, 5.41) is 0. The number of carbonyl (C=O) groups excluding carboxylic acids is 1. The Kier molecular flexibility index (Phi) is 2.81. The van der Waals surface area contributed by atoms with E-state index in [4.69, 9.17) is 0 Å². The Morgan fingerprint density at radius 3 is 2.58 bits per heavy atom. The minimum Gasteiger partial charge on any atom is -0.299 e. The summed E-state index contributed by atoms with van der Waals surface area (Å²) >= 11 is 0. The number of hydrogen-bond acceptors (Lipinski definition) is 1. The molecule has 0 heterocycles. The first kappa shape index (κ1) is 8.72. The Labute approximate surface area is 72.7 Å². The molecule has 1 nitrogen and oxygen atoms in total. The number of allylic oxidation sites excluding steroid dienone is 2. The van der Waals surface area contributed by atoms with Crippen molar-refractivity contribution >= 4 is 11.9 Å². The van der Waals surface area contributed by atoms with E-state index >= 15 is 0 Å². The predicted molar refractivity (Wildman–Crippen MR) is 50.9 cm³/mol. The van der Waals surface area contributed by atoms with Crippen molar-refractivity contribution < 1.29 is 4.79 Å². The summed E-state index contributed by atoms with van der Waals surface area (Å²) < 4.78 is 0. The lowest BCUT2D eigenvalue weighted by molar-refractivity contribution is -0.104. The Bertz CT molecular complexity index is 311.